The number of carbonyl (C=O) groups is 1. The fourth-order valence-corrected chi connectivity index (χ4v) is 2.39. The molecule has 19 heavy (non-hydrogen) atoms. The van der Waals surface area contributed by atoms with Gasteiger partial charge in [-0.1, -0.05) is 37.3 Å². The van der Waals surface area contributed by atoms with Crippen molar-refractivity contribution < 1.29 is 9.53 Å². The van der Waals surface area contributed by atoms with E-state index in [2.05, 4.69) is 21.2 Å². The summed E-state index contributed by atoms with van der Waals surface area (Å²) in [5.74, 6) is 0.590. The van der Waals surface area contributed by atoms with Gasteiger partial charge in [-0.25, -0.2) is 0 Å². The molecule has 0 saturated heterocycles. The molecule has 2 aromatic carbocycles. The van der Waals surface area contributed by atoms with Crippen molar-refractivity contribution in [3.63, 3.8) is 0 Å². The number of hydrogen-bond donors (Lipinski definition) is 1. The largest absolute Gasteiger partial charge is 0.483 e. The lowest BCUT2D eigenvalue weighted by Gasteiger charge is -2.10. The van der Waals surface area contributed by atoms with Crippen molar-refractivity contribution in [3.8, 4) is 5.75 Å². The van der Waals surface area contributed by atoms with E-state index >= 15 is 0 Å². The predicted molar refractivity (Wildman–Crippen MR) is 80.4 cm³/mol. The molecule has 0 aliphatic heterocycles. The Morgan fingerprint density at radius 3 is 2.84 bits per heavy atom. The van der Waals surface area contributed by atoms with Crippen molar-refractivity contribution in [3.05, 3.63) is 40.9 Å². The first-order chi connectivity index (χ1) is 9.22. The van der Waals surface area contributed by atoms with Crippen LogP contribution in [0.4, 0.5) is 0 Å². The van der Waals surface area contributed by atoms with E-state index in [1.807, 2.05) is 43.3 Å². The van der Waals surface area contributed by atoms with Crippen LogP contribution >= 0.6 is 15.9 Å². The van der Waals surface area contributed by atoms with E-state index in [0.29, 0.717) is 12.3 Å². The van der Waals surface area contributed by atoms with Gasteiger partial charge in [-0.3, -0.25) is 4.79 Å². The zero-order valence-corrected chi connectivity index (χ0v) is 12.4. The topological polar surface area (TPSA) is 38.3 Å². The SMILES string of the molecule is CCCNC(=O)COc1ccc2ccccc2c1Br. The van der Waals surface area contributed by atoms with Gasteiger partial charge in [0, 0.05) is 6.54 Å². The second-order valence-corrected chi connectivity index (χ2v) is 5.03. The van der Waals surface area contributed by atoms with E-state index in [0.717, 1.165) is 21.7 Å². The van der Waals surface area contributed by atoms with Crippen LogP contribution in [0, 0.1) is 0 Å². The minimum atomic E-state index is -0.0955. The summed E-state index contributed by atoms with van der Waals surface area (Å²) in [6, 6.07) is 11.9. The Morgan fingerprint density at radius 1 is 1.26 bits per heavy atom. The first kappa shape index (κ1) is 13.9. The summed E-state index contributed by atoms with van der Waals surface area (Å²) >= 11 is 3.53. The third kappa shape index (κ3) is 3.47. The number of benzene rings is 2. The van der Waals surface area contributed by atoms with Gasteiger partial charge in [0.15, 0.2) is 6.61 Å². The summed E-state index contributed by atoms with van der Waals surface area (Å²) in [5, 5.41) is 4.99. The van der Waals surface area contributed by atoms with Gasteiger partial charge in [0.05, 0.1) is 4.47 Å². The van der Waals surface area contributed by atoms with Gasteiger partial charge in [-0.2, -0.15) is 0 Å². The van der Waals surface area contributed by atoms with Crippen molar-refractivity contribution in [1.82, 2.24) is 5.32 Å². The smallest absolute Gasteiger partial charge is 0.257 e. The Morgan fingerprint density at radius 2 is 2.05 bits per heavy atom. The van der Waals surface area contributed by atoms with Crippen LogP contribution in [0.15, 0.2) is 40.9 Å². The molecule has 0 spiro atoms. The minimum Gasteiger partial charge on any atom is -0.483 e. The van der Waals surface area contributed by atoms with Crippen LogP contribution in [0.1, 0.15) is 13.3 Å². The standard InChI is InChI=1S/C15H16BrNO2/c1-2-9-17-14(18)10-19-13-8-7-11-5-3-4-6-12(11)15(13)16/h3-8H,2,9-10H2,1H3,(H,17,18). The normalized spacial score (nSPS) is 10.4. The molecule has 2 aromatic rings. The third-order valence-corrected chi connectivity index (χ3v) is 3.58. The number of halogens is 1. The molecule has 1 N–H and O–H groups in total. The second kappa shape index (κ2) is 6.57. The fraction of sp³-hybridized carbons (Fsp3) is 0.267. The average molecular weight is 322 g/mol. The van der Waals surface area contributed by atoms with Gasteiger partial charge < -0.3 is 10.1 Å². The van der Waals surface area contributed by atoms with Crippen LogP contribution in [0.25, 0.3) is 10.8 Å². The van der Waals surface area contributed by atoms with Crippen LogP contribution in [-0.4, -0.2) is 19.1 Å². The first-order valence-electron chi connectivity index (χ1n) is 6.29. The average Bonchev–Trinajstić information content (AvgIpc) is 2.44. The Hall–Kier alpha value is -1.55. The van der Waals surface area contributed by atoms with Crippen LogP contribution < -0.4 is 10.1 Å². The molecule has 2 rings (SSSR count). The molecule has 4 heteroatoms. The minimum absolute atomic E-state index is 0.0386. The summed E-state index contributed by atoms with van der Waals surface area (Å²) < 4.78 is 6.43. The van der Waals surface area contributed by atoms with Crippen molar-refractivity contribution in [1.29, 1.82) is 0 Å². The lowest BCUT2D eigenvalue weighted by molar-refractivity contribution is -0.123. The van der Waals surface area contributed by atoms with Gasteiger partial charge in [-0.15, -0.1) is 0 Å². The lowest BCUT2D eigenvalue weighted by Crippen LogP contribution is -2.29. The molecule has 1 amide bonds. The van der Waals surface area contributed by atoms with Crippen LogP contribution in [0.3, 0.4) is 0 Å². The van der Waals surface area contributed by atoms with E-state index in [9.17, 15) is 4.79 Å². The van der Waals surface area contributed by atoms with Crippen molar-refractivity contribution >= 4 is 32.6 Å². The number of rotatable bonds is 5. The molecule has 3 nitrogen and oxygen atoms in total. The number of carbonyl (C=O) groups excluding carboxylic acids is 1. The van der Waals surface area contributed by atoms with E-state index < -0.39 is 0 Å². The molecule has 0 heterocycles. The molecule has 0 atom stereocenters. The summed E-state index contributed by atoms with van der Waals surface area (Å²) in [7, 11) is 0. The molecular weight excluding hydrogens is 306 g/mol. The molecule has 0 aliphatic rings. The van der Waals surface area contributed by atoms with Gasteiger partial charge in [0.2, 0.25) is 0 Å². The molecule has 0 aromatic heterocycles. The maximum Gasteiger partial charge on any atom is 0.257 e. The van der Waals surface area contributed by atoms with Gasteiger partial charge >= 0.3 is 0 Å². The molecule has 0 saturated carbocycles. The van der Waals surface area contributed by atoms with Crippen LogP contribution in [0.5, 0.6) is 5.75 Å². The number of amides is 1. The molecule has 0 aliphatic carbocycles. The highest BCUT2D eigenvalue weighted by Gasteiger charge is 2.07. The first-order valence-corrected chi connectivity index (χ1v) is 7.08. The van der Waals surface area contributed by atoms with Crippen LogP contribution in [0.2, 0.25) is 0 Å². The summed E-state index contributed by atoms with van der Waals surface area (Å²) in [6.45, 7) is 2.74. The van der Waals surface area contributed by atoms with Gasteiger partial charge in [0.1, 0.15) is 5.75 Å². The second-order valence-electron chi connectivity index (χ2n) is 4.24. The van der Waals surface area contributed by atoms with E-state index in [1.54, 1.807) is 0 Å². The Kier molecular flexibility index (Phi) is 4.80. The quantitative estimate of drug-likeness (QED) is 0.915. The molecule has 0 radical (unpaired) electrons. The highest BCUT2D eigenvalue weighted by atomic mass is 79.9. The highest BCUT2D eigenvalue weighted by molar-refractivity contribution is 9.10. The third-order valence-electron chi connectivity index (χ3n) is 2.76. The van der Waals surface area contributed by atoms with E-state index in [-0.39, 0.29) is 12.5 Å². The zero-order valence-electron chi connectivity index (χ0n) is 10.8. The number of nitrogens with one attached hydrogen (secondary N) is 1. The van der Waals surface area contributed by atoms with Crippen molar-refractivity contribution in [2.45, 2.75) is 13.3 Å². The van der Waals surface area contributed by atoms with Crippen molar-refractivity contribution in [2.24, 2.45) is 0 Å². The fourth-order valence-electron chi connectivity index (χ4n) is 1.78. The van der Waals surface area contributed by atoms with E-state index in [1.165, 1.54) is 0 Å². The Balaban J connectivity index is 2.09. The maximum absolute atomic E-state index is 11.5. The summed E-state index contributed by atoms with van der Waals surface area (Å²) in [6.07, 6.45) is 0.922. The van der Waals surface area contributed by atoms with Crippen LogP contribution in [-0.2, 0) is 4.79 Å². The number of hydrogen-bond acceptors (Lipinski definition) is 2. The molecular formula is C15H16BrNO2. The van der Waals surface area contributed by atoms with Gasteiger partial charge in [-0.05, 0) is 39.2 Å². The number of fused-ring (bicyclic) bond motifs is 1. The Labute approximate surface area is 121 Å². The summed E-state index contributed by atoms with van der Waals surface area (Å²) in [5.41, 5.74) is 0. The summed E-state index contributed by atoms with van der Waals surface area (Å²) in [4.78, 5) is 11.5. The molecule has 0 bridgehead atoms. The van der Waals surface area contributed by atoms with Gasteiger partial charge in [0.25, 0.3) is 5.91 Å². The monoisotopic (exact) mass is 321 g/mol. The predicted octanol–water partition coefficient (Wildman–Crippen LogP) is 3.51. The van der Waals surface area contributed by atoms with E-state index in [4.69, 9.17) is 4.74 Å². The van der Waals surface area contributed by atoms with Crippen molar-refractivity contribution in [2.75, 3.05) is 13.2 Å². The molecule has 0 fully saturated rings. The Bertz CT molecular complexity index is 583. The lowest BCUT2D eigenvalue weighted by atomic mass is 10.1. The number of ether oxygens (including phenoxy) is 1. The highest BCUT2D eigenvalue weighted by Crippen LogP contribution is 2.32. The molecule has 100 valence electrons. The maximum atomic E-state index is 11.5. The molecule has 0 unspecified atom stereocenters. The zero-order chi connectivity index (χ0) is 13.7.